The van der Waals surface area contributed by atoms with E-state index in [1.807, 2.05) is 6.92 Å². The molecule has 0 aliphatic rings. The second kappa shape index (κ2) is 7.42. The molecule has 116 valence electrons. The van der Waals surface area contributed by atoms with Gasteiger partial charge in [-0.1, -0.05) is 36.5 Å². The Morgan fingerprint density at radius 2 is 2.05 bits per heavy atom. The van der Waals surface area contributed by atoms with E-state index in [2.05, 4.69) is 10.3 Å². The Bertz CT molecular complexity index is 744. The fourth-order valence-electron chi connectivity index (χ4n) is 1.90. The van der Waals surface area contributed by atoms with Crippen LogP contribution < -0.4 is 10.9 Å². The summed E-state index contributed by atoms with van der Waals surface area (Å²) in [5.41, 5.74) is 0.999. The molecule has 7 heteroatoms. The van der Waals surface area contributed by atoms with Crippen LogP contribution >= 0.6 is 23.2 Å². The molecule has 22 heavy (non-hydrogen) atoms. The van der Waals surface area contributed by atoms with Gasteiger partial charge in [0, 0.05) is 17.4 Å². The first kappa shape index (κ1) is 16.5. The predicted octanol–water partition coefficient (Wildman–Crippen LogP) is 3.14. The highest BCUT2D eigenvalue weighted by molar-refractivity contribution is 6.42. The lowest BCUT2D eigenvalue weighted by atomic mass is 10.2. The lowest BCUT2D eigenvalue weighted by Crippen LogP contribution is -2.27. The van der Waals surface area contributed by atoms with Gasteiger partial charge in [0.05, 0.1) is 16.4 Å². The van der Waals surface area contributed by atoms with Crippen molar-refractivity contribution in [2.24, 2.45) is 0 Å². The Hall–Kier alpha value is -1.85. The molecule has 0 spiro atoms. The molecule has 1 N–H and O–H groups in total. The van der Waals surface area contributed by atoms with Gasteiger partial charge in [-0.25, -0.2) is 4.98 Å². The molecule has 2 rings (SSSR count). The van der Waals surface area contributed by atoms with Crippen LogP contribution in [0.3, 0.4) is 0 Å². The second-order valence-corrected chi connectivity index (χ2v) is 5.59. The molecule has 0 aliphatic carbocycles. The first-order valence-corrected chi connectivity index (χ1v) is 7.55. The molecule has 0 saturated carbocycles. The van der Waals surface area contributed by atoms with Crippen LogP contribution in [0.25, 0.3) is 0 Å². The highest BCUT2D eigenvalue weighted by Crippen LogP contribution is 2.24. The minimum absolute atomic E-state index is 0.113. The van der Waals surface area contributed by atoms with Gasteiger partial charge in [-0.05, 0) is 24.6 Å². The van der Waals surface area contributed by atoms with Crippen molar-refractivity contribution in [3.05, 3.63) is 56.7 Å². The monoisotopic (exact) mass is 339 g/mol. The van der Waals surface area contributed by atoms with E-state index in [4.69, 9.17) is 23.2 Å². The van der Waals surface area contributed by atoms with Crippen LogP contribution in [-0.4, -0.2) is 15.5 Å². The molecule has 0 radical (unpaired) electrons. The van der Waals surface area contributed by atoms with Crippen molar-refractivity contribution in [3.63, 3.8) is 0 Å². The second-order valence-electron chi connectivity index (χ2n) is 4.77. The van der Waals surface area contributed by atoms with Crippen molar-refractivity contribution in [1.29, 1.82) is 0 Å². The summed E-state index contributed by atoms with van der Waals surface area (Å²) in [6, 6.07) is 6.23. The molecular formula is C15H15Cl2N3O2. The number of carbonyl (C=O) groups is 1. The Labute approximate surface area is 137 Å². The minimum atomic E-state index is -0.342. The number of nitrogens with one attached hydrogen (secondary N) is 1. The average molecular weight is 340 g/mol. The predicted molar refractivity (Wildman–Crippen MR) is 87.6 cm³/mol. The average Bonchev–Trinajstić information content (AvgIpc) is 2.46. The van der Waals surface area contributed by atoms with Gasteiger partial charge in [-0.3, -0.25) is 14.2 Å². The standard InChI is InChI=1S/C15H15Cl2N3O2/c1-2-3-10-7-15(22)20(9-18-10)8-14(21)19-11-4-5-12(16)13(17)6-11/h4-7,9H,2-3,8H2,1H3,(H,19,21). The van der Waals surface area contributed by atoms with Gasteiger partial charge in [0.2, 0.25) is 5.91 Å². The Kier molecular flexibility index (Phi) is 5.57. The van der Waals surface area contributed by atoms with E-state index in [-0.39, 0.29) is 18.0 Å². The summed E-state index contributed by atoms with van der Waals surface area (Å²) in [4.78, 5) is 28.0. The maximum atomic E-state index is 12.0. The van der Waals surface area contributed by atoms with Crippen LogP contribution in [0.2, 0.25) is 10.0 Å². The number of aromatic nitrogens is 2. The van der Waals surface area contributed by atoms with Gasteiger partial charge in [0.25, 0.3) is 5.56 Å². The number of benzene rings is 1. The summed E-state index contributed by atoms with van der Waals surface area (Å²) in [5.74, 6) is -0.342. The van der Waals surface area contributed by atoms with E-state index in [1.54, 1.807) is 18.2 Å². The lowest BCUT2D eigenvalue weighted by Gasteiger charge is -2.08. The number of anilines is 1. The maximum absolute atomic E-state index is 12.0. The molecule has 0 fully saturated rings. The Morgan fingerprint density at radius 3 is 2.68 bits per heavy atom. The largest absolute Gasteiger partial charge is 0.324 e. The number of hydrogen-bond donors (Lipinski definition) is 1. The summed E-state index contributed by atoms with van der Waals surface area (Å²) in [6.07, 6.45) is 3.04. The third-order valence-corrected chi connectivity index (χ3v) is 3.70. The molecule has 0 saturated heterocycles. The van der Waals surface area contributed by atoms with E-state index in [1.165, 1.54) is 17.0 Å². The highest BCUT2D eigenvalue weighted by Gasteiger charge is 2.07. The fourth-order valence-corrected chi connectivity index (χ4v) is 2.20. The molecular weight excluding hydrogens is 325 g/mol. The Balaban J connectivity index is 2.05. The molecule has 1 aromatic heterocycles. The quantitative estimate of drug-likeness (QED) is 0.909. The van der Waals surface area contributed by atoms with Crippen molar-refractivity contribution in [1.82, 2.24) is 9.55 Å². The van der Waals surface area contributed by atoms with Gasteiger partial charge in [-0.15, -0.1) is 0 Å². The SMILES string of the molecule is CCCc1cc(=O)n(CC(=O)Nc2ccc(Cl)c(Cl)c2)cn1. The molecule has 0 atom stereocenters. The van der Waals surface area contributed by atoms with E-state index in [0.717, 1.165) is 18.5 Å². The smallest absolute Gasteiger partial charge is 0.253 e. The number of aryl methyl sites for hydroxylation is 1. The number of amides is 1. The van der Waals surface area contributed by atoms with Crippen LogP contribution in [0.5, 0.6) is 0 Å². The van der Waals surface area contributed by atoms with Gasteiger partial charge in [0.15, 0.2) is 0 Å². The van der Waals surface area contributed by atoms with Gasteiger partial charge >= 0.3 is 0 Å². The zero-order valence-electron chi connectivity index (χ0n) is 12.0. The summed E-state index contributed by atoms with van der Waals surface area (Å²) in [6.45, 7) is 1.90. The molecule has 1 amide bonds. The van der Waals surface area contributed by atoms with Gasteiger partial charge in [-0.2, -0.15) is 0 Å². The first-order valence-electron chi connectivity index (χ1n) is 6.80. The molecule has 2 aromatic rings. The number of nitrogens with zero attached hydrogens (tertiary/aromatic N) is 2. The van der Waals surface area contributed by atoms with Crippen molar-refractivity contribution in [2.75, 3.05) is 5.32 Å². The van der Waals surface area contributed by atoms with Crippen molar-refractivity contribution >= 4 is 34.8 Å². The highest BCUT2D eigenvalue weighted by atomic mass is 35.5. The number of rotatable bonds is 5. The fraction of sp³-hybridized carbons (Fsp3) is 0.267. The van der Waals surface area contributed by atoms with Gasteiger partial charge < -0.3 is 5.32 Å². The third kappa shape index (κ3) is 4.32. The summed E-state index contributed by atoms with van der Waals surface area (Å²) in [5, 5.41) is 3.41. The number of halogens is 2. The molecule has 5 nitrogen and oxygen atoms in total. The topological polar surface area (TPSA) is 64.0 Å². The zero-order valence-corrected chi connectivity index (χ0v) is 13.5. The van der Waals surface area contributed by atoms with Crippen LogP contribution in [0, 0.1) is 0 Å². The third-order valence-electron chi connectivity index (χ3n) is 2.96. The molecule has 1 aromatic carbocycles. The zero-order chi connectivity index (χ0) is 16.1. The van der Waals surface area contributed by atoms with Crippen molar-refractivity contribution < 1.29 is 4.79 Å². The van der Waals surface area contributed by atoms with Crippen LogP contribution in [0.15, 0.2) is 35.4 Å². The maximum Gasteiger partial charge on any atom is 0.253 e. The van der Waals surface area contributed by atoms with E-state index >= 15 is 0 Å². The van der Waals surface area contributed by atoms with E-state index in [9.17, 15) is 9.59 Å². The van der Waals surface area contributed by atoms with Gasteiger partial charge in [0.1, 0.15) is 6.54 Å². The summed E-state index contributed by atoms with van der Waals surface area (Å²) >= 11 is 11.7. The molecule has 0 bridgehead atoms. The van der Waals surface area contributed by atoms with Crippen LogP contribution in [0.4, 0.5) is 5.69 Å². The summed E-state index contributed by atoms with van der Waals surface area (Å²) < 4.78 is 1.26. The number of carbonyl (C=O) groups excluding carboxylic acids is 1. The number of hydrogen-bond acceptors (Lipinski definition) is 3. The molecule has 1 heterocycles. The molecule has 0 unspecified atom stereocenters. The normalized spacial score (nSPS) is 10.5. The summed E-state index contributed by atoms with van der Waals surface area (Å²) in [7, 11) is 0. The van der Waals surface area contributed by atoms with Crippen LogP contribution in [-0.2, 0) is 17.8 Å². The Morgan fingerprint density at radius 1 is 1.27 bits per heavy atom. The first-order chi connectivity index (χ1) is 10.5. The van der Waals surface area contributed by atoms with Crippen molar-refractivity contribution in [3.8, 4) is 0 Å². The van der Waals surface area contributed by atoms with E-state index in [0.29, 0.717) is 15.7 Å². The van der Waals surface area contributed by atoms with Crippen LogP contribution in [0.1, 0.15) is 19.0 Å². The minimum Gasteiger partial charge on any atom is -0.324 e. The van der Waals surface area contributed by atoms with E-state index < -0.39 is 0 Å². The van der Waals surface area contributed by atoms with Crippen molar-refractivity contribution in [2.45, 2.75) is 26.3 Å². The molecule has 0 aliphatic heterocycles. The lowest BCUT2D eigenvalue weighted by molar-refractivity contribution is -0.116.